The van der Waals surface area contributed by atoms with Gasteiger partial charge in [-0.2, -0.15) is 39.5 Å². The molecule has 2 atom stereocenters. The molecule has 1 amide bonds. The van der Waals surface area contributed by atoms with E-state index in [4.69, 9.17) is 16.7 Å². The van der Waals surface area contributed by atoms with Gasteiger partial charge in [0, 0.05) is 23.8 Å². The number of rotatable bonds is 4. The van der Waals surface area contributed by atoms with Crippen molar-refractivity contribution < 1.29 is 54.5 Å². The van der Waals surface area contributed by atoms with Crippen molar-refractivity contribution in [3.05, 3.63) is 63.7 Å². The summed E-state index contributed by atoms with van der Waals surface area (Å²) in [7, 11) is 0. The molecule has 1 aliphatic rings. The van der Waals surface area contributed by atoms with Crippen molar-refractivity contribution in [3.63, 3.8) is 0 Å². The number of carboxylic acid groups (broad SMARTS) is 1. The molecule has 0 aliphatic carbocycles. The van der Waals surface area contributed by atoms with Crippen molar-refractivity contribution in [1.29, 1.82) is 0 Å². The Kier molecular flexibility index (Phi) is 7.09. The third-order valence-electron chi connectivity index (χ3n) is 5.89. The van der Waals surface area contributed by atoms with Crippen LogP contribution >= 0.6 is 11.6 Å². The van der Waals surface area contributed by atoms with Crippen LogP contribution < -0.4 is 10.2 Å². The van der Waals surface area contributed by atoms with Crippen molar-refractivity contribution in [2.45, 2.75) is 43.1 Å². The van der Waals surface area contributed by atoms with Crippen molar-refractivity contribution in [1.82, 2.24) is 5.32 Å². The number of nitrogens with one attached hydrogen (secondary N) is 1. The minimum atomic E-state index is -5.45. The van der Waals surface area contributed by atoms with E-state index in [-0.39, 0.29) is 41.0 Å². The zero-order valence-corrected chi connectivity index (χ0v) is 18.4. The highest BCUT2D eigenvalue weighted by molar-refractivity contribution is 6.31. The lowest BCUT2D eigenvalue weighted by Crippen LogP contribution is -2.52. The highest BCUT2D eigenvalue weighted by atomic mass is 35.5. The summed E-state index contributed by atoms with van der Waals surface area (Å²) in [5, 5.41) is 21.4. The minimum Gasteiger partial charge on any atom is -0.465 e. The molecule has 2 aromatic carbocycles. The lowest BCUT2D eigenvalue weighted by molar-refractivity contribution is -0.211. The molecule has 0 aromatic heterocycles. The number of aliphatic hydroxyl groups is 1. The lowest BCUT2D eigenvalue weighted by atomic mass is 9.76. The summed E-state index contributed by atoms with van der Waals surface area (Å²) in [5.74, 6) is 0. The summed E-state index contributed by atoms with van der Waals surface area (Å²) in [4.78, 5) is 11.4. The van der Waals surface area contributed by atoms with E-state index in [0.717, 1.165) is 11.0 Å². The van der Waals surface area contributed by atoms with Gasteiger partial charge in [0.15, 0.2) is 0 Å². The Morgan fingerprint density at radius 2 is 1.56 bits per heavy atom. The van der Waals surface area contributed by atoms with E-state index in [2.05, 4.69) is 0 Å². The zero-order valence-electron chi connectivity index (χ0n) is 17.7. The maximum atomic E-state index is 14.4. The average molecular weight is 551 g/mol. The predicted octanol–water partition coefficient (Wildman–Crippen LogP) is 6.17. The number of hydrogen-bond acceptors (Lipinski definition) is 3. The first kappa shape index (κ1) is 27.7. The fourth-order valence-electron chi connectivity index (χ4n) is 4.07. The molecule has 0 bridgehead atoms. The predicted molar refractivity (Wildman–Crippen MR) is 108 cm³/mol. The van der Waals surface area contributed by atoms with E-state index >= 15 is 0 Å². The molecule has 0 saturated carbocycles. The van der Waals surface area contributed by atoms with Crippen LogP contribution in [-0.2, 0) is 24.3 Å². The van der Waals surface area contributed by atoms with Gasteiger partial charge in [-0.3, -0.25) is 0 Å². The number of amides is 1. The topological polar surface area (TPSA) is 72.8 Å². The standard InChI is InChI=1S/C21H16ClF9N2O3/c22-15-8-14(2-1-10(15)9-32-17(35)36)33-4-3-18(16(33)34,21(29,30)31)11-5-12(19(23,24)25)7-13(6-11)20(26,27)28/h1-2,5-8,16,32,34H,3-4,9H2,(H,35,36). The second-order valence-electron chi connectivity index (χ2n) is 8.02. The fraction of sp³-hybridized carbons (Fsp3) is 0.381. The molecular formula is C21H16ClF9N2O3. The SMILES string of the molecule is O=C(O)NCc1ccc(N2CCC(c3cc(C(F)(F)F)cc(C(F)(F)F)c3)(C(F)(F)F)C2O)cc1Cl. The molecule has 0 radical (unpaired) electrons. The summed E-state index contributed by atoms with van der Waals surface area (Å²) in [6, 6.07) is 3.17. The zero-order chi connectivity index (χ0) is 27.3. The molecule has 1 saturated heterocycles. The Morgan fingerprint density at radius 3 is 2.00 bits per heavy atom. The monoisotopic (exact) mass is 550 g/mol. The summed E-state index contributed by atoms with van der Waals surface area (Å²) in [5.41, 5.74) is -8.66. The van der Waals surface area contributed by atoms with Gasteiger partial charge in [0.25, 0.3) is 0 Å². The molecular weight excluding hydrogens is 535 g/mol. The molecule has 36 heavy (non-hydrogen) atoms. The second kappa shape index (κ2) is 9.21. The van der Waals surface area contributed by atoms with Gasteiger partial charge in [0.05, 0.1) is 11.1 Å². The fourth-order valence-corrected chi connectivity index (χ4v) is 4.31. The smallest absolute Gasteiger partial charge is 0.416 e. The molecule has 5 nitrogen and oxygen atoms in total. The molecule has 2 unspecified atom stereocenters. The second-order valence-corrected chi connectivity index (χ2v) is 8.42. The first-order chi connectivity index (χ1) is 16.4. The van der Waals surface area contributed by atoms with Gasteiger partial charge < -0.3 is 20.4 Å². The quantitative estimate of drug-likeness (QED) is 0.398. The number of carbonyl (C=O) groups is 1. The third-order valence-corrected chi connectivity index (χ3v) is 6.24. The van der Waals surface area contributed by atoms with Crippen LogP contribution in [-0.4, -0.2) is 35.3 Å². The first-order valence-corrected chi connectivity index (χ1v) is 10.3. The number of nitrogens with zero attached hydrogens (tertiary/aromatic N) is 1. The maximum absolute atomic E-state index is 14.4. The first-order valence-electron chi connectivity index (χ1n) is 9.94. The normalized spacial score (nSPS) is 21.1. The van der Waals surface area contributed by atoms with Crippen LogP contribution in [0, 0.1) is 0 Å². The molecule has 15 heteroatoms. The van der Waals surface area contributed by atoms with Gasteiger partial charge in [-0.25, -0.2) is 4.79 Å². The van der Waals surface area contributed by atoms with E-state index in [1.807, 2.05) is 5.32 Å². The Balaban J connectivity index is 2.11. The number of benzene rings is 2. The van der Waals surface area contributed by atoms with Crippen molar-refractivity contribution in [3.8, 4) is 0 Å². The molecule has 1 heterocycles. The average Bonchev–Trinajstić information content (AvgIpc) is 3.09. The van der Waals surface area contributed by atoms with Crippen LogP contribution in [0.25, 0.3) is 0 Å². The Labute approximate surface area is 202 Å². The van der Waals surface area contributed by atoms with E-state index in [1.165, 1.54) is 12.1 Å². The van der Waals surface area contributed by atoms with Crippen LogP contribution in [0.3, 0.4) is 0 Å². The Hall–Kier alpha value is -2.87. The van der Waals surface area contributed by atoms with Crippen molar-refractivity contribution in [2.24, 2.45) is 0 Å². The van der Waals surface area contributed by atoms with Gasteiger partial charge in [0.1, 0.15) is 11.6 Å². The number of halogens is 10. The molecule has 1 fully saturated rings. The van der Waals surface area contributed by atoms with Gasteiger partial charge in [0.2, 0.25) is 0 Å². The number of hydrogen-bond donors (Lipinski definition) is 3. The summed E-state index contributed by atoms with van der Waals surface area (Å²) < 4.78 is 123. The van der Waals surface area contributed by atoms with Crippen LogP contribution in [0.4, 0.5) is 50.0 Å². The van der Waals surface area contributed by atoms with Crippen LogP contribution in [0.15, 0.2) is 36.4 Å². The number of alkyl halides is 9. The molecule has 2 aromatic rings. The molecule has 3 rings (SSSR count). The molecule has 3 N–H and O–H groups in total. The maximum Gasteiger partial charge on any atom is 0.416 e. The summed E-state index contributed by atoms with van der Waals surface area (Å²) in [6.45, 7) is -0.852. The van der Waals surface area contributed by atoms with Crippen molar-refractivity contribution >= 4 is 23.4 Å². The Bertz CT molecular complexity index is 1120. The summed E-state index contributed by atoms with van der Waals surface area (Å²) in [6.07, 6.45) is -21.3. The largest absolute Gasteiger partial charge is 0.465 e. The number of anilines is 1. The Morgan fingerprint density at radius 1 is 1.00 bits per heavy atom. The van der Waals surface area contributed by atoms with Gasteiger partial charge >= 0.3 is 24.6 Å². The minimum absolute atomic E-state index is 0.0386. The number of aliphatic hydroxyl groups excluding tert-OH is 1. The lowest BCUT2D eigenvalue weighted by Gasteiger charge is -2.38. The van der Waals surface area contributed by atoms with Crippen LogP contribution in [0.1, 0.15) is 28.7 Å². The summed E-state index contributed by atoms with van der Waals surface area (Å²) >= 11 is 6.05. The van der Waals surface area contributed by atoms with E-state index in [9.17, 15) is 49.4 Å². The van der Waals surface area contributed by atoms with E-state index in [0.29, 0.717) is 0 Å². The molecule has 198 valence electrons. The van der Waals surface area contributed by atoms with Gasteiger partial charge in [-0.15, -0.1) is 0 Å². The van der Waals surface area contributed by atoms with Crippen LogP contribution in [0.2, 0.25) is 5.02 Å². The van der Waals surface area contributed by atoms with Gasteiger partial charge in [-0.05, 0) is 47.9 Å². The molecule has 1 aliphatic heterocycles. The highest BCUT2D eigenvalue weighted by Gasteiger charge is 2.65. The van der Waals surface area contributed by atoms with Crippen LogP contribution in [0.5, 0.6) is 0 Å². The highest BCUT2D eigenvalue weighted by Crippen LogP contribution is 2.53. The van der Waals surface area contributed by atoms with Gasteiger partial charge in [-0.1, -0.05) is 17.7 Å². The van der Waals surface area contributed by atoms with E-state index < -0.39 is 65.9 Å². The third kappa shape index (κ3) is 5.14. The van der Waals surface area contributed by atoms with Crippen molar-refractivity contribution in [2.75, 3.05) is 11.4 Å². The van der Waals surface area contributed by atoms with E-state index in [1.54, 1.807) is 0 Å². The molecule has 0 spiro atoms.